The van der Waals surface area contributed by atoms with Crippen LogP contribution in [0.5, 0.6) is 0 Å². The molecule has 5 heteroatoms. The van der Waals surface area contributed by atoms with Gasteiger partial charge in [0.15, 0.2) is 5.82 Å². The van der Waals surface area contributed by atoms with Crippen molar-refractivity contribution in [1.82, 2.24) is 19.6 Å². The van der Waals surface area contributed by atoms with Crippen LogP contribution in [-0.2, 0) is 0 Å². The number of fused-ring (bicyclic) bond motifs is 6. The number of aromatic nitrogens is 4. The molecule has 0 fully saturated rings. The quantitative estimate of drug-likeness (QED) is 0.161. The van der Waals surface area contributed by atoms with Gasteiger partial charge in [-0.05, 0) is 58.5 Å². The van der Waals surface area contributed by atoms with Gasteiger partial charge in [0.05, 0.1) is 22.6 Å². The molecule has 0 aliphatic rings. The van der Waals surface area contributed by atoms with Crippen molar-refractivity contribution in [3.63, 3.8) is 0 Å². The molecule has 4 nitrogen and oxygen atoms in total. The number of hydrogen-bond donors (Lipinski definition) is 0. The molecule has 62 heavy (non-hydrogen) atoms. The van der Waals surface area contributed by atoms with Crippen molar-refractivity contribution in [2.24, 2.45) is 0 Å². The summed E-state index contributed by atoms with van der Waals surface area (Å²) in [6, 6.07) is 77.3. The highest BCUT2D eigenvalue weighted by molar-refractivity contribution is 7.25. The van der Waals surface area contributed by atoms with Crippen molar-refractivity contribution in [3.05, 3.63) is 218 Å². The molecule has 8 aromatic carbocycles. The van der Waals surface area contributed by atoms with Crippen LogP contribution in [0.1, 0.15) is 0 Å². The van der Waals surface area contributed by atoms with Gasteiger partial charge in [0.1, 0.15) is 5.69 Å². The zero-order chi connectivity index (χ0) is 41.0. The number of pyridine rings is 1. The largest absolute Gasteiger partial charge is 0.231 e. The van der Waals surface area contributed by atoms with E-state index in [-0.39, 0.29) is 0 Å². The zero-order valence-corrected chi connectivity index (χ0v) is 34.3. The number of benzene rings is 8. The Morgan fingerprint density at radius 2 is 0.935 bits per heavy atom. The van der Waals surface area contributed by atoms with Gasteiger partial charge in [-0.25, -0.2) is 14.5 Å². The summed E-state index contributed by atoms with van der Waals surface area (Å²) in [5, 5.41) is 10.4. The predicted molar refractivity (Wildman–Crippen MR) is 259 cm³/mol. The monoisotopic (exact) mass is 808 g/mol. The van der Waals surface area contributed by atoms with E-state index in [4.69, 9.17) is 15.1 Å². The van der Waals surface area contributed by atoms with Crippen LogP contribution in [0.4, 0.5) is 0 Å². The van der Waals surface area contributed by atoms with Crippen LogP contribution >= 0.6 is 11.3 Å². The van der Waals surface area contributed by atoms with Crippen LogP contribution in [0.2, 0.25) is 0 Å². The molecule has 0 N–H and O–H groups in total. The molecule has 12 aromatic rings. The second-order valence-corrected chi connectivity index (χ2v) is 16.7. The minimum absolute atomic E-state index is 0.682. The minimum atomic E-state index is 0.682. The average molecular weight is 809 g/mol. The number of hydrogen-bond acceptors (Lipinski definition) is 4. The Labute approximate surface area is 362 Å². The van der Waals surface area contributed by atoms with Gasteiger partial charge in [0, 0.05) is 58.9 Å². The molecule has 0 bridgehead atoms. The standard InChI is InChI=1S/C57H36N4S/c1-4-15-39(16-5-1)51-35-43-21-10-11-24-46(43)56-54(55(60-61(51)56)40-17-6-2-7-18-40)45-23-14-22-44(33-45)50-36-49(58-57(59-50)41-19-8-3-9-20-41)38-29-27-37(28-30-38)42-31-32-53-48(34-42)47-25-12-13-26-52(47)62-53/h1-36H. The molecule has 0 aliphatic carbocycles. The van der Waals surface area contributed by atoms with Crippen molar-refractivity contribution in [2.45, 2.75) is 0 Å². The van der Waals surface area contributed by atoms with Crippen LogP contribution in [0.3, 0.4) is 0 Å². The van der Waals surface area contributed by atoms with E-state index in [0.717, 1.165) is 78.0 Å². The van der Waals surface area contributed by atoms with E-state index < -0.39 is 0 Å². The van der Waals surface area contributed by atoms with Crippen LogP contribution in [-0.4, -0.2) is 19.6 Å². The first kappa shape index (κ1) is 35.9. The molecule has 0 amide bonds. The molecular formula is C57H36N4S. The van der Waals surface area contributed by atoms with Gasteiger partial charge in [-0.3, -0.25) is 0 Å². The highest BCUT2D eigenvalue weighted by atomic mass is 32.1. The summed E-state index contributed by atoms with van der Waals surface area (Å²) in [7, 11) is 0. The lowest BCUT2D eigenvalue weighted by atomic mass is 9.95. The van der Waals surface area contributed by atoms with E-state index in [1.54, 1.807) is 0 Å². The fraction of sp³-hybridized carbons (Fsp3) is 0. The maximum absolute atomic E-state index is 5.44. The third-order valence-corrected chi connectivity index (χ3v) is 13.0. The summed E-state index contributed by atoms with van der Waals surface area (Å²) in [5.41, 5.74) is 14.4. The molecule has 0 unspecified atom stereocenters. The lowest BCUT2D eigenvalue weighted by molar-refractivity contribution is 0.979. The van der Waals surface area contributed by atoms with Gasteiger partial charge < -0.3 is 0 Å². The molecular weight excluding hydrogens is 773 g/mol. The fourth-order valence-electron chi connectivity index (χ4n) is 8.81. The third kappa shape index (κ3) is 6.26. The van der Waals surface area contributed by atoms with E-state index in [1.165, 1.54) is 31.3 Å². The van der Waals surface area contributed by atoms with Crippen LogP contribution in [0, 0.1) is 0 Å². The van der Waals surface area contributed by atoms with Crippen molar-refractivity contribution >= 4 is 47.8 Å². The Hall–Kier alpha value is -7.99. The smallest absolute Gasteiger partial charge is 0.160 e. The molecule has 0 saturated heterocycles. The lowest BCUT2D eigenvalue weighted by Gasteiger charge is -2.12. The van der Waals surface area contributed by atoms with Gasteiger partial charge in [0.25, 0.3) is 0 Å². The predicted octanol–water partition coefficient (Wildman–Crippen LogP) is 15.3. The minimum Gasteiger partial charge on any atom is -0.231 e. The van der Waals surface area contributed by atoms with E-state index in [9.17, 15) is 0 Å². The molecule has 4 heterocycles. The average Bonchev–Trinajstić information content (AvgIpc) is 3.94. The van der Waals surface area contributed by atoms with Crippen molar-refractivity contribution < 1.29 is 0 Å². The second kappa shape index (κ2) is 14.9. The Kier molecular flexibility index (Phi) is 8.65. The first-order valence-corrected chi connectivity index (χ1v) is 21.7. The van der Waals surface area contributed by atoms with Gasteiger partial charge in [-0.2, -0.15) is 5.10 Å². The lowest BCUT2D eigenvalue weighted by Crippen LogP contribution is -1.96. The topological polar surface area (TPSA) is 43.1 Å². The summed E-state index contributed by atoms with van der Waals surface area (Å²) in [6.07, 6.45) is 0. The van der Waals surface area contributed by atoms with Crippen molar-refractivity contribution in [3.8, 4) is 78.7 Å². The number of rotatable bonds is 7. The molecule has 0 aliphatic heterocycles. The summed E-state index contributed by atoms with van der Waals surface area (Å²) >= 11 is 1.85. The van der Waals surface area contributed by atoms with E-state index in [0.29, 0.717) is 5.82 Å². The van der Waals surface area contributed by atoms with E-state index >= 15 is 0 Å². The van der Waals surface area contributed by atoms with Crippen LogP contribution in [0.25, 0.3) is 115 Å². The second-order valence-electron chi connectivity index (χ2n) is 15.6. The molecule has 0 saturated carbocycles. The van der Waals surface area contributed by atoms with Crippen LogP contribution in [0.15, 0.2) is 218 Å². The molecule has 4 aromatic heterocycles. The van der Waals surface area contributed by atoms with E-state index in [1.807, 2.05) is 29.5 Å². The Morgan fingerprint density at radius 3 is 1.71 bits per heavy atom. The number of thiophene rings is 1. The van der Waals surface area contributed by atoms with E-state index in [2.05, 4.69) is 205 Å². The summed E-state index contributed by atoms with van der Waals surface area (Å²) in [4.78, 5) is 10.4. The first-order chi connectivity index (χ1) is 30.7. The van der Waals surface area contributed by atoms with Crippen molar-refractivity contribution in [2.75, 3.05) is 0 Å². The normalized spacial score (nSPS) is 11.5. The zero-order valence-electron chi connectivity index (χ0n) is 33.5. The Bertz CT molecular complexity index is 3610. The van der Waals surface area contributed by atoms with Gasteiger partial charge in [-0.15, -0.1) is 11.3 Å². The number of nitrogens with zero attached hydrogens (tertiary/aromatic N) is 4. The molecule has 290 valence electrons. The van der Waals surface area contributed by atoms with Gasteiger partial charge >= 0.3 is 0 Å². The van der Waals surface area contributed by atoms with Gasteiger partial charge in [-0.1, -0.05) is 182 Å². The molecule has 0 radical (unpaired) electrons. The highest BCUT2D eigenvalue weighted by Gasteiger charge is 2.22. The maximum Gasteiger partial charge on any atom is 0.160 e. The highest BCUT2D eigenvalue weighted by Crippen LogP contribution is 2.42. The summed E-state index contributed by atoms with van der Waals surface area (Å²) in [6.45, 7) is 0. The van der Waals surface area contributed by atoms with Gasteiger partial charge in [0.2, 0.25) is 0 Å². The SMILES string of the molecule is c1ccc(-c2nc(-c3ccc(-c4ccc5sc6ccccc6c5c4)cc3)cc(-c3cccc(-c4c(-c5ccccc5)nn5c(-c6ccccc6)cc6ccccc6c45)c3)n2)cc1. The Balaban J connectivity index is 1.01. The maximum atomic E-state index is 5.44. The first-order valence-electron chi connectivity index (χ1n) is 20.8. The third-order valence-electron chi connectivity index (χ3n) is 11.8. The molecule has 0 atom stereocenters. The summed E-state index contributed by atoms with van der Waals surface area (Å²) < 4.78 is 4.76. The van der Waals surface area contributed by atoms with Crippen LogP contribution < -0.4 is 0 Å². The summed E-state index contributed by atoms with van der Waals surface area (Å²) in [5.74, 6) is 0.682. The molecule has 12 rings (SSSR count). The van der Waals surface area contributed by atoms with Crippen molar-refractivity contribution in [1.29, 1.82) is 0 Å². The Morgan fingerprint density at radius 1 is 0.355 bits per heavy atom. The fourth-order valence-corrected chi connectivity index (χ4v) is 9.89. The molecule has 0 spiro atoms.